The van der Waals surface area contributed by atoms with Crippen LogP contribution >= 0.6 is 0 Å². The zero-order chi connectivity index (χ0) is 15.5. The van der Waals surface area contributed by atoms with Crippen molar-refractivity contribution in [2.75, 3.05) is 39.3 Å². The van der Waals surface area contributed by atoms with Gasteiger partial charge in [-0.3, -0.25) is 19.3 Å². The number of amides is 3. The Hall–Kier alpha value is -1.93. The molecule has 0 bridgehead atoms. The molecule has 0 radical (unpaired) electrons. The molecular weight excluding hydrogens is 286 g/mol. The second-order valence-corrected chi connectivity index (χ2v) is 5.74. The van der Waals surface area contributed by atoms with Gasteiger partial charge in [-0.15, -0.1) is 0 Å². The molecule has 0 spiro atoms. The predicted molar refractivity (Wildman–Crippen MR) is 78.3 cm³/mol. The highest BCUT2D eigenvalue weighted by Crippen LogP contribution is 2.09. The number of urea groups is 1. The van der Waals surface area contributed by atoms with E-state index in [9.17, 15) is 9.59 Å². The van der Waals surface area contributed by atoms with Crippen LogP contribution in [0, 0.1) is 6.92 Å². The number of aryl methyl sites for hydroxylation is 1. The fourth-order valence-corrected chi connectivity index (χ4v) is 2.80. The van der Waals surface area contributed by atoms with Gasteiger partial charge in [0.25, 0.3) is 0 Å². The number of aromatic nitrogens is 2. The number of hydrogen-bond donors (Lipinski definition) is 1. The van der Waals surface area contributed by atoms with E-state index in [4.69, 9.17) is 4.74 Å². The molecule has 8 heteroatoms. The molecule has 3 rings (SSSR count). The molecule has 2 aliphatic rings. The number of carbonyl (C=O) groups excluding carboxylic acids is 2. The van der Waals surface area contributed by atoms with Crippen LogP contribution in [0.3, 0.4) is 0 Å². The maximum atomic E-state index is 12.2. The smallest absolute Gasteiger partial charge is 0.324 e. The van der Waals surface area contributed by atoms with E-state index in [-0.39, 0.29) is 24.6 Å². The molecular formula is C14H21N5O3. The molecule has 1 N–H and O–H groups in total. The lowest BCUT2D eigenvalue weighted by Crippen LogP contribution is -2.49. The van der Waals surface area contributed by atoms with Crippen molar-refractivity contribution < 1.29 is 14.3 Å². The van der Waals surface area contributed by atoms with Gasteiger partial charge in [0.15, 0.2) is 0 Å². The minimum atomic E-state index is -0.290. The van der Waals surface area contributed by atoms with Gasteiger partial charge in [-0.05, 0) is 12.5 Å². The highest BCUT2D eigenvalue weighted by molar-refractivity contribution is 5.96. The van der Waals surface area contributed by atoms with Crippen molar-refractivity contribution in [2.45, 2.75) is 19.6 Å². The molecule has 1 aromatic heterocycles. The van der Waals surface area contributed by atoms with Crippen molar-refractivity contribution in [3.8, 4) is 0 Å². The number of morpholine rings is 1. The number of nitrogens with one attached hydrogen (secondary N) is 1. The zero-order valence-electron chi connectivity index (χ0n) is 12.7. The van der Waals surface area contributed by atoms with Gasteiger partial charge in [0.2, 0.25) is 5.91 Å². The fourth-order valence-electron chi connectivity index (χ4n) is 2.80. The van der Waals surface area contributed by atoms with E-state index in [0.29, 0.717) is 39.3 Å². The Morgan fingerprint density at radius 1 is 1.50 bits per heavy atom. The van der Waals surface area contributed by atoms with Crippen LogP contribution in [0.4, 0.5) is 4.79 Å². The maximum Gasteiger partial charge on any atom is 0.324 e. The van der Waals surface area contributed by atoms with E-state index in [1.54, 1.807) is 0 Å². The number of nitrogens with zero attached hydrogens (tertiary/aromatic N) is 4. The second-order valence-electron chi connectivity index (χ2n) is 5.74. The number of rotatable bonds is 4. The van der Waals surface area contributed by atoms with Gasteiger partial charge in [0.05, 0.1) is 32.0 Å². The van der Waals surface area contributed by atoms with E-state index in [1.165, 1.54) is 4.90 Å². The van der Waals surface area contributed by atoms with Crippen LogP contribution in [0.25, 0.3) is 0 Å². The van der Waals surface area contributed by atoms with Gasteiger partial charge in [0.1, 0.15) is 0 Å². The summed E-state index contributed by atoms with van der Waals surface area (Å²) in [4.78, 5) is 27.0. The minimum absolute atomic E-state index is 0.00764. The molecule has 0 aromatic carbocycles. The van der Waals surface area contributed by atoms with Crippen LogP contribution in [0.2, 0.25) is 0 Å². The Morgan fingerprint density at radius 3 is 3.05 bits per heavy atom. The number of ether oxygens (including phenoxy) is 1. The highest BCUT2D eigenvalue weighted by Gasteiger charge is 2.29. The SMILES string of the molecule is Cc1cnn(CC2CN(CC(=O)N3CCNC3=O)CCO2)c1. The summed E-state index contributed by atoms with van der Waals surface area (Å²) in [5.41, 5.74) is 1.11. The van der Waals surface area contributed by atoms with Crippen LogP contribution < -0.4 is 5.32 Å². The van der Waals surface area contributed by atoms with Gasteiger partial charge in [-0.1, -0.05) is 0 Å². The Labute approximate surface area is 129 Å². The van der Waals surface area contributed by atoms with Crippen molar-refractivity contribution in [3.63, 3.8) is 0 Å². The summed E-state index contributed by atoms with van der Waals surface area (Å²) in [7, 11) is 0. The molecule has 3 heterocycles. The predicted octanol–water partition coefficient (Wildman–Crippen LogP) is -0.556. The largest absolute Gasteiger partial charge is 0.374 e. The lowest BCUT2D eigenvalue weighted by Gasteiger charge is -2.32. The molecule has 22 heavy (non-hydrogen) atoms. The Balaban J connectivity index is 1.52. The highest BCUT2D eigenvalue weighted by atomic mass is 16.5. The van der Waals surface area contributed by atoms with Crippen molar-refractivity contribution >= 4 is 11.9 Å². The Bertz CT molecular complexity index is 558. The van der Waals surface area contributed by atoms with Crippen molar-refractivity contribution in [3.05, 3.63) is 18.0 Å². The van der Waals surface area contributed by atoms with Crippen molar-refractivity contribution in [2.24, 2.45) is 0 Å². The third-order valence-electron chi connectivity index (χ3n) is 3.89. The number of hydrogen-bond acceptors (Lipinski definition) is 5. The van der Waals surface area contributed by atoms with E-state index in [2.05, 4.69) is 10.4 Å². The Kier molecular flexibility index (Phi) is 4.39. The first-order valence-electron chi connectivity index (χ1n) is 7.53. The van der Waals surface area contributed by atoms with E-state index < -0.39 is 0 Å². The minimum Gasteiger partial charge on any atom is -0.374 e. The maximum absolute atomic E-state index is 12.2. The summed E-state index contributed by atoms with van der Waals surface area (Å²) < 4.78 is 7.60. The lowest BCUT2D eigenvalue weighted by atomic mass is 10.2. The summed E-state index contributed by atoms with van der Waals surface area (Å²) >= 11 is 0. The topological polar surface area (TPSA) is 79.7 Å². The molecule has 1 aromatic rings. The second kappa shape index (κ2) is 6.45. The average molecular weight is 307 g/mol. The quantitative estimate of drug-likeness (QED) is 0.807. The van der Waals surface area contributed by atoms with Crippen LogP contribution in [0.1, 0.15) is 5.56 Å². The molecule has 0 aliphatic carbocycles. The number of imide groups is 1. The molecule has 3 amide bonds. The first-order valence-corrected chi connectivity index (χ1v) is 7.53. The summed E-state index contributed by atoms with van der Waals surface area (Å²) in [5.74, 6) is -0.148. The molecule has 120 valence electrons. The Morgan fingerprint density at radius 2 is 2.36 bits per heavy atom. The number of carbonyl (C=O) groups is 2. The van der Waals surface area contributed by atoms with Gasteiger partial charge in [-0.25, -0.2) is 4.79 Å². The van der Waals surface area contributed by atoms with Gasteiger partial charge >= 0.3 is 6.03 Å². The van der Waals surface area contributed by atoms with Gasteiger partial charge in [0, 0.05) is 32.4 Å². The average Bonchev–Trinajstić information content (AvgIpc) is 3.08. The van der Waals surface area contributed by atoms with Crippen molar-refractivity contribution in [1.29, 1.82) is 0 Å². The fraction of sp³-hybridized carbons (Fsp3) is 0.643. The summed E-state index contributed by atoms with van der Waals surface area (Å²) in [6.07, 6.45) is 3.80. The molecule has 2 aliphatic heterocycles. The van der Waals surface area contributed by atoms with Gasteiger partial charge in [-0.2, -0.15) is 5.10 Å². The monoisotopic (exact) mass is 307 g/mol. The molecule has 2 fully saturated rings. The summed E-state index contributed by atoms with van der Waals surface area (Å²) in [5, 5.41) is 6.90. The molecule has 2 saturated heterocycles. The molecule has 8 nitrogen and oxygen atoms in total. The standard InChI is InChI=1S/C14H21N5O3/c1-11-6-16-18(7-11)9-12-8-17(4-5-22-12)10-13(20)19-3-2-15-14(19)21/h6-7,12H,2-5,8-10H2,1H3,(H,15,21). The molecule has 1 atom stereocenters. The van der Waals surface area contributed by atoms with E-state index >= 15 is 0 Å². The molecule has 0 saturated carbocycles. The normalized spacial score (nSPS) is 22.9. The van der Waals surface area contributed by atoms with E-state index in [1.807, 2.05) is 28.9 Å². The van der Waals surface area contributed by atoms with Crippen LogP contribution in [0.5, 0.6) is 0 Å². The van der Waals surface area contributed by atoms with Crippen molar-refractivity contribution in [1.82, 2.24) is 24.9 Å². The van der Waals surface area contributed by atoms with E-state index in [0.717, 1.165) is 5.56 Å². The third kappa shape index (κ3) is 3.45. The zero-order valence-corrected chi connectivity index (χ0v) is 12.7. The molecule has 1 unspecified atom stereocenters. The lowest BCUT2D eigenvalue weighted by molar-refractivity contribution is -0.131. The van der Waals surface area contributed by atoms with Crippen LogP contribution in [-0.4, -0.2) is 77.0 Å². The van der Waals surface area contributed by atoms with Crippen LogP contribution in [0.15, 0.2) is 12.4 Å². The van der Waals surface area contributed by atoms with Crippen LogP contribution in [-0.2, 0) is 16.1 Å². The van der Waals surface area contributed by atoms with Gasteiger partial charge < -0.3 is 10.1 Å². The first-order chi connectivity index (χ1) is 10.6. The summed E-state index contributed by atoms with van der Waals surface area (Å²) in [6, 6.07) is -0.290. The third-order valence-corrected chi connectivity index (χ3v) is 3.89. The first kappa shape index (κ1) is 15.0. The summed E-state index contributed by atoms with van der Waals surface area (Å²) in [6.45, 7) is 5.87.